The highest BCUT2D eigenvalue weighted by molar-refractivity contribution is 9.10. The Hall–Kier alpha value is -2.46. The number of nitrogen functional groups attached to an aromatic ring is 1. The molecule has 4 N–H and O–H groups in total. The lowest BCUT2D eigenvalue weighted by Crippen LogP contribution is -2.40. The average Bonchev–Trinajstić information content (AvgIpc) is 3.09. The third-order valence-corrected chi connectivity index (χ3v) is 5.56. The van der Waals surface area contributed by atoms with Gasteiger partial charge in [-0.1, -0.05) is 0 Å². The van der Waals surface area contributed by atoms with E-state index in [1.807, 2.05) is 6.07 Å². The molecule has 28 heavy (non-hydrogen) atoms. The summed E-state index contributed by atoms with van der Waals surface area (Å²) in [7, 11) is 0. The zero-order chi connectivity index (χ0) is 19.5. The molecule has 0 saturated carbocycles. The number of aliphatic hydroxyl groups is 1. The summed E-state index contributed by atoms with van der Waals surface area (Å²) in [6.07, 6.45) is 9.27. The van der Waals surface area contributed by atoms with Crippen LogP contribution in [0, 0.1) is 0 Å². The molecule has 1 saturated heterocycles. The molecular weight excluding hydrogens is 424 g/mol. The Morgan fingerprint density at radius 2 is 2.07 bits per heavy atom. The van der Waals surface area contributed by atoms with Crippen LogP contribution in [0.4, 0.5) is 17.6 Å². The minimum atomic E-state index is 0.183. The monoisotopic (exact) mass is 446 g/mol. The van der Waals surface area contributed by atoms with Crippen LogP contribution >= 0.6 is 15.9 Å². The molecule has 10 heteroatoms. The summed E-state index contributed by atoms with van der Waals surface area (Å²) in [5.41, 5.74) is 7.23. The van der Waals surface area contributed by atoms with Crippen molar-refractivity contribution >= 4 is 39.2 Å². The molecule has 1 fully saturated rings. The Balaban J connectivity index is 1.66. The summed E-state index contributed by atoms with van der Waals surface area (Å²) in [6.45, 7) is 1.66. The topological polar surface area (TPSA) is 117 Å². The first-order chi connectivity index (χ1) is 13.7. The normalized spacial score (nSPS) is 17.2. The molecule has 0 radical (unpaired) electrons. The second-order valence-corrected chi connectivity index (χ2v) is 7.74. The third kappa shape index (κ3) is 3.88. The lowest BCUT2D eigenvalue weighted by atomic mass is 9.99. The smallest absolute Gasteiger partial charge is 0.219 e. The number of piperidine rings is 1. The predicted molar refractivity (Wildman–Crippen MR) is 111 cm³/mol. The van der Waals surface area contributed by atoms with Crippen molar-refractivity contribution in [3.63, 3.8) is 0 Å². The van der Waals surface area contributed by atoms with Gasteiger partial charge in [0, 0.05) is 49.8 Å². The average molecular weight is 447 g/mol. The highest BCUT2D eigenvalue weighted by Crippen LogP contribution is 2.29. The summed E-state index contributed by atoms with van der Waals surface area (Å²) >= 11 is 3.54. The van der Waals surface area contributed by atoms with Crippen molar-refractivity contribution in [2.24, 2.45) is 0 Å². The van der Waals surface area contributed by atoms with E-state index in [0.29, 0.717) is 12.6 Å². The van der Waals surface area contributed by atoms with Gasteiger partial charge in [0.25, 0.3) is 0 Å². The number of aliphatic hydroxyl groups excluding tert-OH is 1. The lowest BCUT2D eigenvalue weighted by molar-refractivity contribution is 0.262. The fraction of sp³-hybridized carbons (Fsp3) is 0.444. The van der Waals surface area contributed by atoms with E-state index in [9.17, 15) is 5.11 Å². The summed E-state index contributed by atoms with van der Waals surface area (Å²) in [5, 5.41) is 17.3. The van der Waals surface area contributed by atoms with Crippen LogP contribution < -0.4 is 16.0 Å². The fourth-order valence-electron chi connectivity index (χ4n) is 3.60. The first-order valence-corrected chi connectivity index (χ1v) is 10.2. The van der Waals surface area contributed by atoms with Crippen molar-refractivity contribution in [1.82, 2.24) is 24.6 Å². The van der Waals surface area contributed by atoms with Crippen molar-refractivity contribution in [1.29, 1.82) is 0 Å². The van der Waals surface area contributed by atoms with E-state index in [1.54, 1.807) is 23.1 Å². The number of hydrogen-bond acceptors (Lipinski definition) is 8. The SMILES string of the molecule is Nc1ncc(CNc2cc(N3CCCC[C@H]3CCO)nc3c(Br)cnn23)cn1. The number of nitrogens with zero attached hydrogens (tertiary/aromatic N) is 6. The number of halogens is 1. The first kappa shape index (κ1) is 18.9. The van der Waals surface area contributed by atoms with Crippen molar-refractivity contribution in [3.05, 3.63) is 34.7 Å². The van der Waals surface area contributed by atoms with E-state index in [-0.39, 0.29) is 12.6 Å². The van der Waals surface area contributed by atoms with E-state index in [4.69, 9.17) is 10.7 Å². The molecule has 9 nitrogen and oxygen atoms in total. The molecule has 1 atom stereocenters. The van der Waals surface area contributed by atoms with Crippen LogP contribution in [0.25, 0.3) is 5.65 Å². The molecule has 0 bridgehead atoms. The molecule has 0 spiro atoms. The molecule has 3 aromatic heterocycles. The van der Waals surface area contributed by atoms with E-state index in [2.05, 4.69) is 41.2 Å². The quantitative estimate of drug-likeness (QED) is 0.527. The molecule has 4 heterocycles. The maximum absolute atomic E-state index is 9.45. The zero-order valence-electron chi connectivity index (χ0n) is 15.4. The first-order valence-electron chi connectivity index (χ1n) is 9.38. The van der Waals surface area contributed by atoms with Crippen molar-refractivity contribution < 1.29 is 5.11 Å². The van der Waals surface area contributed by atoms with Gasteiger partial charge in [-0.2, -0.15) is 9.61 Å². The van der Waals surface area contributed by atoms with Gasteiger partial charge in [-0.15, -0.1) is 0 Å². The Kier molecular flexibility index (Phi) is 5.58. The summed E-state index contributed by atoms with van der Waals surface area (Å²) in [6, 6.07) is 2.31. The number of rotatable bonds is 6. The van der Waals surface area contributed by atoms with Gasteiger partial charge >= 0.3 is 0 Å². The number of anilines is 3. The van der Waals surface area contributed by atoms with Gasteiger partial charge in [0.2, 0.25) is 5.95 Å². The molecular formula is C18H23BrN8O. The Morgan fingerprint density at radius 1 is 1.25 bits per heavy atom. The minimum Gasteiger partial charge on any atom is -0.396 e. The van der Waals surface area contributed by atoms with Crippen LogP contribution in [0.15, 0.2) is 29.1 Å². The summed E-state index contributed by atoms with van der Waals surface area (Å²) in [5.74, 6) is 1.98. The molecule has 0 unspecified atom stereocenters. The third-order valence-electron chi connectivity index (χ3n) is 5.00. The summed E-state index contributed by atoms with van der Waals surface area (Å²) < 4.78 is 2.61. The van der Waals surface area contributed by atoms with E-state index in [1.165, 1.54) is 6.42 Å². The van der Waals surface area contributed by atoms with Crippen LogP contribution in [-0.2, 0) is 6.54 Å². The Morgan fingerprint density at radius 3 is 2.86 bits per heavy atom. The summed E-state index contributed by atoms with van der Waals surface area (Å²) in [4.78, 5) is 15.2. The van der Waals surface area contributed by atoms with Gasteiger partial charge < -0.3 is 21.1 Å². The molecule has 0 aromatic carbocycles. The molecule has 148 valence electrons. The predicted octanol–water partition coefficient (Wildman–Crippen LogP) is 2.22. The van der Waals surface area contributed by atoms with E-state index >= 15 is 0 Å². The number of nitrogens with one attached hydrogen (secondary N) is 1. The van der Waals surface area contributed by atoms with Crippen LogP contribution in [-0.4, -0.2) is 48.9 Å². The number of hydrogen-bond donors (Lipinski definition) is 3. The Bertz CT molecular complexity index is 943. The lowest BCUT2D eigenvalue weighted by Gasteiger charge is -2.36. The molecule has 0 aliphatic carbocycles. The van der Waals surface area contributed by atoms with E-state index in [0.717, 1.165) is 53.1 Å². The van der Waals surface area contributed by atoms with Crippen molar-refractivity contribution in [2.45, 2.75) is 38.3 Å². The molecule has 4 rings (SSSR count). The minimum absolute atomic E-state index is 0.183. The number of aromatic nitrogens is 5. The fourth-order valence-corrected chi connectivity index (χ4v) is 3.94. The molecule has 0 amide bonds. The van der Waals surface area contributed by atoms with Crippen LogP contribution in [0.2, 0.25) is 0 Å². The maximum atomic E-state index is 9.45. The van der Waals surface area contributed by atoms with Gasteiger partial charge in [-0.3, -0.25) is 0 Å². The molecule has 1 aliphatic heterocycles. The van der Waals surface area contributed by atoms with Crippen LogP contribution in [0.5, 0.6) is 0 Å². The van der Waals surface area contributed by atoms with Crippen molar-refractivity contribution in [2.75, 3.05) is 29.1 Å². The van der Waals surface area contributed by atoms with E-state index < -0.39 is 0 Å². The molecule has 3 aromatic rings. The largest absolute Gasteiger partial charge is 0.396 e. The zero-order valence-corrected chi connectivity index (χ0v) is 17.0. The Labute approximate surface area is 171 Å². The number of nitrogens with two attached hydrogens (primary N) is 1. The standard InChI is InChI=1S/C18H23BrN8O/c19-14-11-24-27-15(21-8-12-9-22-18(20)23-10-12)7-16(25-17(14)27)26-5-2-1-3-13(26)4-6-28/h7,9-11,13,21,28H,1-6,8H2,(H2,20,22,23)/t13-/m0/s1. The number of fused-ring (bicyclic) bond motifs is 1. The second kappa shape index (κ2) is 8.27. The van der Waals surface area contributed by atoms with Gasteiger partial charge in [0.1, 0.15) is 11.6 Å². The van der Waals surface area contributed by atoms with Gasteiger partial charge in [0.05, 0.1) is 10.7 Å². The second-order valence-electron chi connectivity index (χ2n) is 6.89. The van der Waals surface area contributed by atoms with Gasteiger partial charge in [0.15, 0.2) is 5.65 Å². The molecule has 1 aliphatic rings. The highest BCUT2D eigenvalue weighted by Gasteiger charge is 2.24. The van der Waals surface area contributed by atoms with Gasteiger partial charge in [-0.05, 0) is 41.6 Å². The van der Waals surface area contributed by atoms with Crippen LogP contribution in [0.3, 0.4) is 0 Å². The maximum Gasteiger partial charge on any atom is 0.219 e. The van der Waals surface area contributed by atoms with Gasteiger partial charge in [-0.25, -0.2) is 15.0 Å². The van der Waals surface area contributed by atoms with Crippen LogP contribution in [0.1, 0.15) is 31.2 Å². The van der Waals surface area contributed by atoms with Crippen molar-refractivity contribution in [3.8, 4) is 0 Å². The highest BCUT2D eigenvalue weighted by atomic mass is 79.9.